The summed E-state index contributed by atoms with van der Waals surface area (Å²) < 4.78 is 5.26. The third kappa shape index (κ3) is 4.97. The van der Waals surface area contributed by atoms with Crippen molar-refractivity contribution in [3.63, 3.8) is 0 Å². The lowest BCUT2D eigenvalue weighted by Gasteiger charge is -2.40. The van der Waals surface area contributed by atoms with Gasteiger partial charge >= 0.3 is 6.09 Å². The van der Waals surface area contributed by atoms with Crippen LogP contribution in [-0.2, 0) is 14.3 Å². The van der Waals surface area contributed by atoms with Crippen molar-refractivity contribution in [2.75, 3.05) is 18.4 Å². The minimum Gasteiger partial charge on any atom is -0.444 e. The highest BCUT2D eigenvalue weighted by molar-refractivity contribution is 5.90. The molecule has 1 fully saturated rings. The molecule has 0 saturated carbocycles. The average molecular weight is 337 g/mol. The smallest absolute Gasteiger partial charge is 0.410 e. The van der Waals surface area contributed by atoms with Gasteiger partial charge < -0.3 is 15.0 Å². The molecule has 0 aromatic carbocycles. The van der Waals surface area contributed by atoms with Gasteiger partial charge in [-0.3, -0.25) is 19.8 Å². The van der Waals surface area contributed by atoms with Crippen molar-refractivity contribution in [3.05, 3.63) is 12.4 Å². The maximum absolute atomic E-state index is 12.1. The molecule has 0 aliphatic carbocycles. The van der Waals surface area contributed by atoms with E-state index < -0.39 is 17.7 Å². The first-order valence-corrected chi connectivity index (χ1v) is 7.83. The molecule has 132 valence electrons. The number of rotatable bonds is 5. The first kappa shape index (κ1) is 17.8. The molecule has 0 spiro atoms. The Morgan fingerprint density at radius 3 is 2.71 bits per heavy atom. The number of anilines is 1. The van der Waals surface area contributed by atoms with Gasteiger partial charge in [-0.25, -0.2) is 9.78 Å². The molecule has 9 nitrogen and oxygen atoms in total. The van der Waals surface area contributed by atoms with Crippen LogP contribution in [0.4, 0.5) is 10.7 Å². The van der Waals surface area contributed by atoms with E-state index in [0.29, 0.717) is 18.9 Å². The molecule has 1 aliphatic heterocycles. The van der Waals surface area contributed by atoms with Crippen LogP contribution in [0.1, 0.15) is 33.6 Å². The summed E-state index contributed by atoms with van der Waals surface area (Å²) in [5, 5.41) is 5.23. The molecule has 2 rings (SSSR count). The third-order valence-corrected chi connectivity index (χ3v) is 3.36. The van der Waals surface area contributed by atoms with Gasteiger partial charge in [-0.05, 0) is 27.2 Å². The molecule has 24 heavy (non-hydrogen) atoms. The molecule has 0 unspecified atom stereocenters. The highest BCUT2D eigenvalue weighted by Gasteiger charge is 2.39. The molecule has 9 heteroatoms. The fourth-order valence-corrected chi connectivity index (χ4v) is 2.14. The highest BCUT2D eigenvalue weighted by atomic mass is 16.6. The van der Waals surface area contributed by atoms with Crippen molar-refractivity contribution < 1.29 is 19.1 Å². The van der Waals surface area contributed by atoms with E-state index in [2.05, 4.69) is 20.6 Å². The van der Waals surface area contributed by atoms with E-state index in [-0.39, 0.29) is 24.8 Å². The Labute approximate surface area is 140 Å². The van der Waals surface area contributed by atoms with Gasteiger partial charge in [-0.1, -0.05) is 0 Å². The molecule has 1 atom stereocenters. The Hall–Kier alpha value is -2.58. The number of imidazole rings is 1. The maximum atomic E-state index is 12.1. The van der Waals surface area contributed by atoms with E-state index in [1.165, 1.54) is 11.1 Å². The summed E-state index contributed by atoms with van der Waals surface area (Å²) in [6, 6.07) is -0.534. The van der Waals surface area contributed by atoms with Crippen molar-refractivity contribution in [2.24, 2.45) is 0 Å². The van der Waals surface area contributed by atoms with Gasteiger partial charge in [0.25, 0.3) is 0 Å². The van der Waals surface area contributed by atoms with Gasteiger partial charge in [0.1, 0.15) is 11.6 Å². The van der Waals surface area contributed by atoms with Crippen LogP contribution >= 0.6 is 0 Å². The quantitative estimate of drug-likeness (QED) is 0.737. The summed E-state index contributed by atoms with van der Waals surface area (Å²) in [5.41, 5.74) is -0.600. The molecule has 1 aromatic heterocycles. The van der Waals surface area contributed by atoms with Crippen LogP contribution in [0.5, 0.6) is 0 Å². The number of hydrogen-bond acceptors (Lipinski definition) is 5. The molecule has 3 N–H and O–H groups in total. The number of aromatic nitrogens is 2. The zero-order valence-corrected chi connectivity index (χ0v) is 14.1. The van der Waals surface area contributed by atoms with E-state index in [1.807, 2.05) is 0 Å². The molecular formula is C15H23N5O4. The molecule has 1 aliphatic rings. The SMILES string of the molecule is CC(C)(C)OC(=O)N1CC[C@@H]1C(=O)NCCC(=O)Nc1ncc[nH]1. The summed E-state index contributed by atoms with van der Waals surface area (Å²) in [5.74, 6) is -0.179. The molecule has 1 aromatic rings. The number of ether oxygens (including phenoxy) is 1. The van der Waals surface area contributed by atoms with Crippen molar-refractivity contribution in [1.82, 2.24) is 20.2 Å². The van der Waals surface area contributed by atoms with Crippen LogP contribution in [0.3, 0.4) is 0 Å². The minimum atomic E-state index is -0.600. The van der Waals surface area contributed by atoms with Crippen molar-refractivity contribution >= 4 is 23.9 Å². The Bertz CT molecular complexity index is 594. The molecule has 0 bridgehead atoms. The number of nitrogens with zero attached hydrogens (tertiary/aromatic N) is 2. The van der Waals surface area contributed by atoms with Gasteiger partial charge in [-0.2, -0.15) is 0 Å². The summed E-state index contributed by atoms with van der Waals surface area (Å²) in [7, 11) is 0. The fraction of sp³-hybridized carbons (Fsp3) is 0.600. The van der Waals surface area contributed by atoms with E-state index in [1.54, 1.807) is 27.0 Å². The first-order chi connectivity index (χ1) is 11.3. The van der Waals surface area contributed by atoms with E-state index >= 15 is 0 Å². The van der Waals surface area contributed by atoms with Crippen LogP contribution in [0, 0.1) is 0 Å². The molecular weight excluding hydrogens is 314 g/mol. The van der Waals surface area contributed by atoms with E-state index in [0.717, 1.165) is 0 Å². The molecule has 2 heterocycles. The molecule has 0 radical (unpaired) electrons. The lowest BCUT2D eigenvalue weighted by molar-refractivity contribution is -0.130. The standard InChI is InChI=1S/C15H23N5O4/c1-15(2,3)24-14(23)20-9-5-10(20)12(22)16-6-4-11(21)19-13-17-7-8-18-13/h7-8,10H,4-6,9H2,1-3H3,(H,16,22)(H2,17,18,19,21)/t10-/m1/s1. The number of H-pyrrole nitrogens is 1. The van der Waals surface area contributed by atoms with Crippen LogP contribution in [0.25, 0.3) is 0 Å². The Balaban J connectivity index is 1.70. The third-order valence-electron chi connectivity index (χ3n) is 3.36. The lowest BCUT2D eigenvalue weighted by atomic mass is 10.0. The van der Waals surface area contributed by atoms with E-state index in [4.69, 9.17) is 4.74 Å². The zero-order valence-electron chi connectivity index (χ0n) is 14.1. The topological polar surface area (TPSA) is 116 Å². The second-order valence-electron chi connectivity index (χ2n) is 6.51. The van der Waals surface area contributed by atoms with Crippen molar-refractivity contribution in [1.29, 1.82) is 0 Å². The number of hydrogen-bond donors (Lipinski definition) is 3. The Kier molecular flexibility index (Phi) is 5.42. The van der Waals surface area contributed by atoms with Gasteiger partial charge in [0.05, 0.1) is 0 Å². The average Bonchev–Trinajstić information content (AvgIpc) is 2.87. The monoisotopic (exact) mass is 337 g/mol. The van der Waals surface area contributed by atoms with Crippen molar-refractivity contribution in [3.8, 4) is 0 Å². The number of nitrogens with one attached hydrogen (secondary N) is 3. The maximum Gasteiger partial charge on any atom is 0.410 e. The number of carbonyl (C=O) groups is 3. The van der Waals surface area contributed by atoms with Gasteiger partial charge in [-0.15, -0.1) is 0 Å². The Morgan fingerprint density at radius 1 is 1.42 bits per heavy atom. The number of amides is 3. The predicted octanol–water partition coefficient (Wildman–Crippen LogP) is 0.864. The number of likely N-dealkylation sites (tertiary alicyclic amines) is 1. The van der Waals surface area contributed by atoms with Crippen LogP contribution in [0.15, 0.2) is 12.4 Å². The van der Waals surface area contributed by atoms with Gasteiger partial charge in [0, 0.05) is 31.9 Å². The first-order valence-electron chi connectivity index (χ1n) is 7.83. The highest BCUT2D eigenvalue weighted by Crippen LogP contribution is 2.21. The zero-order chi connectivity index (χ0) is 17.7. The molecule has 1 saturated heterocycles. The summed E-state index contributed by atoms with van der Waals surface area (Å²) in [6.07, 6.45) is 3.33. The van der Waals surface area contributed by atoms with Gasteiger partial charge in [0.2, 0.25) is 17.8 Å². The fourth-order valence-electron chi connectivity index (χ4n) is 2.14. The largest absolute Gasteiger partial charge is 0.444 e. The summed E-state index contributed by atoms with van der Waals surface area (Å²) in [4.78, 5) is 43.7. The van der Waals surface area contributed by atoms with Crippen LogP contribution < -0.4 is 10.6 Å². The second kappa shape index (κ2) is 7.33. The van der Waals surface area contributed by atoms with Gasteiger partial charge in [0.15, 0.2) is 0 Å². The lowest BCUT2D eigenvalue weighted by Crippen LogP contribution is -2.59. The van der Waals surface area contributed by atoms with E-state index in [9.17, 15) is 14.4 Å². The number of carbonyl (C=O) groups excluding carboxylic acids is 3. The summed E-state index contributed by atoms with van der Waals surface area (Å²) in [6.45, 7) is 6.00. The van der Waals surface area contributed by atoms with Crippen molar-refractivity contribution in [2.45, 2.75) is 45.3 Å². The second-order valence-corrected chi connectivity index (χ2v) is 6.51. The Morgan fingerprint density at radius 2 is 2.17 bits per heavy atom. The predicted molar refractivity (Wildman–Crippen MR) is 86.2 cm³/mol. The van der Waals surface area contributed by atoms with Crippen LogP contribution in [-0.4, -0.2) is 57.5 Å². The van der Waals surface area contributed by atoms with Crippen LogP contribution in [0.2, 0.25) is 0 Å². The number of aromatic amines is 1. The molecule has 3 amide bonds. The normalized spacial score (nSPS) is 17.0. The summed E-state index contributed by atoms with van der Waals surface area (Å²) >= 11 is 0. The minimum absolute atomic E-state index is 0.117.